The minimum Gasteiger partial charge on any atom is -0.457 e. The van der Waals surface area contributed by atoms with Crippen LogP contribution >= 0.6 is 0 Å². The van der Waals surface area contributed by atoms with Crippen LogP contribution in [0.1, 0.15) is 2.74 Å². The number of para-hydroxylation sites is 2. The fraction of sp³-hybridized carbons (Fsp3) is 0. The SMILES string of the molecule is [2H]c1ccc2c(c1)c1ccc(Oc3cc(Oc4ccc5c6cc([2H])ccc6n(-c6ccccn6)c5c4)cc(-c4ncccn4)c3)cc1n2-c1ccccn1. The molecule has 246 valence electrons. The smallest absolute Gasteiger partial charge is 0.159 e. The van der Waals surface area contributed by atoms with Crippen molar-refractivity contribution in [2.45, 2.75) is 0 Å². The number of benzene rings is 5. The predicted octanol–water partition coefficient (Wildman–Crippen LogP) is 10.7. The molecule has 5 heterocycles. The van der Waals surface area contributed by atoms with Crippen molar-refractivity contribution in [2.75, 3.05) is 0 Å². The van der Waals surface area contributed by atoms with Crippen LogP contribution in [0.25, 0.3) is 66.6 Å². The molecule has 5 aromatic carbocycles. The van der Waals surface area contributed by atoms with Gasteiger partial charge in [0, 0.05) is 70.1 Å². The molecule has 10 aromatic rings. The molecule has 0 bridgehead atoms. The summed E-state index contributed by atoms with van der Waals surface area (Å²) in [5, 5.41) is 3.91. The van der Waals surface area contributed by atoms with Gasteiger partial charge in [-0.25, -0.2) is 19.9 Å². The van der Waals surface area contributed by atoms with Gasteiger partial charge in [0.05, 0.1) is 24.8 Å². The summed E-state index contributed by atoms with van der Waals surface area (Å²) in [5.74, 6) is 4.36. The Kier molecular flexibility index (Phi) is 6.46. The van der Waals surface area contributed by atoms with E-state index in [0.717, 1.165) is 60.8 Å². The Morgan fingerprint density at radius 1 is 0.404 bits per heavy atom. The van der Waals surface area contributed by atoms with Gasteiger partial charge >= 0.3 is 0 Å². The second-order valence-corrected chi connectivity index (χ2v) is 12.3. The van der Waals surface area contributed by atoms with Crippen molar-refractivity contribution < 1.29 is 12.2 Å². The summed E-state index contributed by atoms with van der Waals surface area (Å²) in [4.78, 5) is 18.3. The van der Waals surface area contributed by atoms with Crippen molar-refractivity contribution in [3.8, 4) is 46.0 Å². The van der Waals surface area contributed by atoms with Crippen LogP contribution in [0.5, 0.6) is 23.0 Å². The molecule has 5 aromatic heterocycles. The van der Waals surface area contributed by atoms with Crippen LogP contribution in [0.3, 0.4) is 0 Å². The summed E-state index contributed by atoms with van der Waals surface area (Å²) in [6, 6.07) is 43.1. The maximum atomic E-state index is 8.29. The Balaban J connectivity index is 1.08. The highest BCUT2D eigenvalue weighted by Gasteiger charge is 2.17. The summed E-state index contributed by atoms with van der Waals surface area (Å²) in [6.07, 6.45) is 6.95. The van der Waals surface area contributed by atoms with E-state index in [9.17, 15) is 0 Å². The zero-order valence-electron chi connectivity index (χ0n) is 29.5. The van der Waals surface area contributed by atoms with Gasteiger partial charge in [-0.1, -0.05) is 48.5 Å². The minimum atomic E-state index is 0.440. The molecule has 0 saturated heterocycles. The summed E-state index contributed by atoms with van der Waals surface area (Å²) in [5.41, 5.74) is 4.44. The number of hydrogen-bond donors (Lipinski definition) is 0. The van der Waals surface area contributed by atoms with Gasteiger partial charge in [-0.3, -0.25) is 9.13 Å². The van der Waals surface area contributed by atoms with Crippen molar-refractivity contribution in [3.05, 3.63) is 170 Å². The van der Waals surface area contributed by atoms with Crippen molar-refractivity contribution in [1.29, 1.82) is 0 Å². The molecule has 0 amide bonds. The first-order chi connectivity index (χ1) is 26.6. The monoisotopic (exact) mass is 674 g/mol. The van der Waals surface area contributed by atoms with E-state index < -0.39 is 0 Å². The van der Waals surface area contributed by atoms with Crippen molar-refractivity contribution in [2.24, 2.45) is 0 Å². The molecule has 0 aliphatic heterocycles. The van der Waals surface area contributed by atoms with Gasteiger partial charge < -0.3 is 9.47 Å². The van der Waals surface area contributed by atoms with E-state index in [-0.39, 0.29) is 0 Å². The molecule has 0 unspecified atom stereocenters. The van der Waals surface area contributed by atoms with Crippen molar-refractivity contribution in [1.82, 2.24) is 29.1 Å². The third-order valence-electron chi connectivity index (χ3n) is 9.10. The van der Waals surface area contributed by atoms with Crippen LogP contribution in [-0.2, 0) is 0 Å². The minimum absolute atomic E-state index is 0.440. The molecule has 0 atom stereocenters. The van der Waals surface area contributed by atoms with Gasteiger partial charge in [-0.2, -0.15) is 0 Å². The van der Waals surface area contributed by atoms with E-state index in [1.54, 1.807) is 43.0 Å². The van der Waals surface area contributed by atoms with Gasteiger partial charge in [0.1, 0.15) is 34.6 Å². The van der Waals surface area contributed by atoms with Gasteiger partial charge in [0.15, 0.2) is 5.82 Å². The second-order valence-electron chi connectivity index (χ2n) is 12.3. The molecule has 8 nitrogen and oxygen atoms in total. The Hall–Kier alpha value is -7.32. The van der Waals surface area contributed by atoms with Crippen molar-refractivity contribution in [3.63, 3.8) is 0 Å². The summed E-state index contributed by atoms with van der Waals surface area (Å²) >= 11 is 0. The molecule has 8 heteroatoms. The number of fused-ring (bicyclic) bond motifs is 6. The standard InChI is InChI=1S/C44H28N6O2/c1-3-12-38-34(10-1)36-18-16-30(27-40(36)49(38)42-14-5-7-20-45-42)51-32-24-29(44-47-22-9-23-48-44)25-33(26-32)52-31-17-19-37-35-11-2-4-13-39(35)50(41(37)28-31)43-15-6-8-21-46-43/h1-28H/i1D,2D. The number of nitrogens with zero attached hydrogens (tertiary/aromatic N) is 6. The number of hydrogen-bond acceptors (Lipinski definition) is 6. The Morgan fingerprint density at radius 3 is 1.40 bits per heavy atom. The highest BCUT2D eigenvalue weighted by Crippen LogP contribution is 2.39. The summed E-state index contributed by atoms with van der Waals surface area (Å²) in [6.45, 7) is 0. The van der Waals surface area contributed by atoms with E-state index in [0.29, 0.717) is 40.9 Å². The van der Waals surface area contributed by atoms with Gasteiger partial charge in [-0.15, -0.1) is 0 Å². The first-order valence-corrected chi connectivity index (χ1v) is 16.8. The van der Waals surface area contributed by atoms with Crippen molar-refractivity contribution >= 4 is 43.6 Å². The number of rotatable bonds is 7. The van der Waals surface area contributed by atoms with E-state index in [2.05, 4.69) is 29.1 Å². The molecular weight excluding hydrogens is 645 g/mol. The van der Waals surface area contributed by atoms with E-state index in [1.807, 2.05) is 115 Å². The van der Waals surface area contributed by atoms with Crippen LogP contribution in [0.15, 0.2) is 170 Å². The molecule has 0 spiro atoms. The van der Waals surface area contributed by atoms with Gasteiger partial charge in [0.25, 0.3) is 0 Å². The number of aromatic nitrogens is 6. The first-order valence-electron chi connectivity index (χ1n) is 17.8. The third-order valence-corrected chi connectivity index (χ3v) is 9.10. The average Bonchev–Trinajstić information content (AvgIpc) is 3.69. The zero-order chi connectivity index (χ0) is 36.2. The molecular formula is C44H28N6O2. The van der Waals surface area contributed by atoms with Crippen LogP contribution in [0, 0.1) is 0 Å². The Morgan fingerprint density at radius 2 is 0.904 bits per heavy atom. The molecule has 0 radical (unpaired) electrons. The topological polar surface area (TPSA) is 79.9 Å². The fourth-order valence-corrected chi connectivity index (χ4v) is 6.91. The maximum Gasteiger partial charge on any atom is 0.159 e. The van der Waals surface area contributed by atoms with E-state index in [4.69, 9.17) is 12.2 Å². The predicted molar refractivity (Wildman–Crippen MR) is 205 cm³/mol. The fourth-order valence-electron chi connectivity index (χ4n) is 6.91. The van der Waals surface area contributed by atoms with Crippen LogP contribution < -0.4 is 9.47 Å². The molecule has 0 aliphatic rings. The van der Waals surface area contributed by atoms with Gasteiger partial charge in [-0.05, 0) is 78.9 Å². The molecule has 0 N–H and O–H groups in total. The second kappa shape index (κ2) is 12.2. The lowest BCUT2D eigenvalue weighted by molar-refractivity contribution is 0.461. The largest absolute Gasteiger partial charge is 0.457 e. The van der Waals surface area contributed by atoms with Crippen LogP contribution in [0.4, 0.5) is 0 Å². The number of pyridine rings is 2. The highest BCUT2D eigenvalue weighted by molar-refractivity contribution is 6.10. The average molecular weight is 675 g/mol. The lowest BCUT2D eigenvalue weighted by Gasteiger charge is -2.13. The van der Waals surface area contributed by atoms with E-state index >= 15 is 0 Å². The number of ether oxygens (including phenoxy) is 2. The lowest BCUT2D eigenvalue weighted by Crippen LogP contribution is -1.97. The molecule has 0 saturated carbocycles. The normalized spacial score (nSPS) is 12.0. The zero-order valence-corrected chi connectivity index (χ0v) is 27.5. The Bertz CT molecular complexity index is 2840. The molecule has 52 heavy (non-hydrogen) atoms. The lowest BCUT2D eigenvalue weighted by atomic mass is 10.1. The van der Waals surface area contributed by atoms with E-state index in [1.165, 1.54) is 0 Å². The molecule has 10 rings (SSSR count). The van der Waals surface area contributed by atoms with Gasteiger partial charge in [0.2, 0.25) is 0 Å². The molecule has 0 aliphatic carbocycles. The first kappa shape index (κ1) is 27.5. The summed E-state index contributed by atoms with van der Waals surface area (Å²) < 4.78 is 34.0. The maximum absolute atomic E-state index is 8.29. The third kappa shape index (κ3) is 5.09. The quantitative estimate of drug-likeness (QED) is 0.167. The van der Waals surface area contributed by atoms with Crippen LogP contribution in [-0.4, -0.2) is 29.1 Å². The van der Waals surface area contributed by atoms with Crippen LogP contribution in [0.2, 0.25) is 0 Å². The highest BCUT2D eigenvalue weighted by atomic mass is 16.5. The molecule has 0 fully saturated rings. The summed E-state index contributed by atoms with van der Waals surface area (Å²) in [7, 11) is 0. The Labute approximate surface area is 300 Å².